The third-order valence-electron chi connectivity index (χ3n) is 15.5. The second kappa shape index (κ2) is 64.9. The van der Waals surface area contributed by atoms with Gasteiger partial charge in [-0.1, -0.05) is 0 Å². The van der Waals surface area contributed by atoms with E-state index in [0.717, 1.165) is 0 Å². The van der Waals surface area contributed by atoms with Crippen LogP contribution < -0.4 is 24.8 Å². The molecule has 6 rings (SSSR count). The van der Waals surface area contributed by atoms with Crippen molar-refractivity contribution in [2.24, 2.45) is 0 Å². The van der Waals surface area contributed by atoms with Crippen LogP contribution in [0.15, 0.2) is 0 Å². The monoisotopic (exact) mass is 1470 g/mol. The molecule has 0 aliphatic carbocycles. The van der Waals surface area contributed by atoms with Crippen molar-refractivity contribution in [2.75, 3.05) is 362 Å². The average Bonchev–Trinajstić information content (AvgIpc) is 3.70. The van der Waals surface area contributed by atoms with Crippen molar-refractivity contribution in [3.8, 4) is 0 Å². The molecule has 0 aromatic carbocycles. The molecule has 6 heterocycles. The second-order valence-electron chi connectivity index (χ2n) is 23.6. The molecule has 0 saturated carbocycles. The molecule has 6 saturated heterocycles. The Morgan fingerprint density at radius 2 is 0.157 bits per heavy atom. The predicted octanol–water partition coefficient (Wildman–Crippen LogP) is -7.44. The number of halogens is 2. The molecule has 6 fully saturated rings. The first-order valence-corrected chi connectivity index (χ1v) is 32.3. The molecule has 0 N–H and O–H groups in total. The van der Waals surface area contributed by atoms with E-state index in [1.54, 1.807) is 0 Å². The average molecular weight is 1480 g/mol. The van der Waals surface area contributed by atoms with Gasteiger partial charge >= 0.3 is 107 Å². The molecule has 0 radical (unpaired) electrons. The topological polar surface area (TPSA) is 86.0 Å². The first kappa shape index (κ1) is 94.6. The fraction of sp³-hybridized carbons (Fsp3) is 1.00. The Hall–Kier alpha value is 2.86. The molecule has 21 nitrogen and oxygen atoms in total. The zero-order valence-corrected chi connectivity index (χ0v) is 64.3. The van der Waals surface area contributed by atoms with Gasteiger partial charge in [-0.25, -0.2) is 0 Å². The third kappa shape index (κ3) is 67.6. The number of rotatable bonds is 0. The van der Waals surface area contributed by atoms with E-state index in [0.29, 0.717) is 0 Å². The number of hydrogen-bond donors (Lipinski definition) is 0. The fourth-order valence-electron chi connectivity index (χ4n) is 8.16. The van der Waals surface area contributed by atoms with Gasteiger partial charge in [-0.05, 0) is 127 Å². The van der Waals surface area contributed by atoms with E-state index < -0.39 is 0 Å². The van der Waals surface area contributed by atoms with Crippen LogP contribution >= 0.6 is 0 Å². The van der Waals surface area contributed by atoms with Crippen LogP contribution in [-0.2, 0) is 107 Å². The Morgan fingerprint density at radius 3 is 0.181 bits per heavy atom. The van der Waals surface area contributed by atoms with Crippen molar-refractivity contribution < 1.29 is 132 Å². The van der Waals surface area contributed by atoms with Crippen LogP contribution in [0.3, 0.4) is 0 Å². The Labute approximate surface area is 577 Å². The van der Waals surface area contributed by atoms with Crippen molar-refractivity contribution in [2.45, 2.75) is 0 Å². The van der Waals surface area contributed by atoms with Crippen LogP contribution in [-0.4, -0.2) is 451 Å². The Bertz CT molecular complexity index is 885. The van der Waals surface area contributed by atoms with Crippen molar-refractivity contribution in [1.29, 1.82) is 0 Å². The molecule has 6 aliphatic rings. The molecule has 6 aliphatic heterocycles. The van der Waals surface area contributed by atoms with E-state index in [4.69, 9.17) is 0 Å². The standard InChI is InChI=1S/6C9H21N3.2ClH.6Mn.3O/c6*1-10-4-6-11(2)8-9-12(3)7-5-10;;;;;;;;;;;/h6*4-9H2,1-3H3;2*1H;;;;;;;;;/q;;;;;;;;6*+4;;;/p-2. The minimum absolute atomic E-state index is 0. The molecular weight excluding hydrogens is 1350 g/mol. The summed E-state index contributed by atoms with van der Waals surface area (Å²) in [5, 5.41) is 0. The van der Waals surface area contributed by atoms with Gasteiger partial charge in [0.05, 0.1) is 0 Å². The van der Waals surface area contributed by atoms with Gasteiger partial charge in [0.1, 0.15) is 0 Å². The van der Waals surface area contributed by atoms with Crippen LogP contribution in [0.1, 0.15) is 0 Å². The van der Waals surface area contributed by atoms with Gasteiger partial charge in [-0.2, -0.15) is 0 Å². The molecule has 29 heteroatoms. The molecule has 484 valence electrons. The zero-order chi connectivity index (χ0) is 62.0. The van der Waals surface area contributed by atoms with Gasteiger partial charge < -0.3 is 113 Å². The van der Waals surface area contributed by atoms with Gasteiger partial charge in [0.25, 0.3) is 0 Å². The van der Waals surface area contributed by atoms with E-state index in [1.807, 2.05) is 0 Å². The van der Waals surface area contributed by atoms with Crippen molar-refractivity contribution in [3.05, 3.63) is 0 Å². The van der Waals surface area contributed by atoms with Crippen LogP contribution in [0.2, 0.25) is 0 Å². The van der Waals surface area contributed by atoms with E-state index in [-0.39, 0.29) is 24.8 Å². The van der Waals surface area contributed by atoms with Crippen LogP contribution in [0.25, 0.3) is 0 Å². The molecule has 83 heavy (non-hydrogen) atoms. The normalized spacial score (nSPS) is 23.3. The van der Waals surface area contributed by atoms with Crippen molar-refractivity contribution in [1.82, 2.24) is 88.2 Å². The summed E-state index contributed by atoms with van der Waals surface area (Å²) in [6.45, 7) is 43.2. The maximum absolute atomic E-state index is 3.88. The summed E-state index contributed by atoms with van der Waals surface area (Å²) < 4.78 is 11.6. The quantitative estimate of drug-likeness (QED) is 0.216. The molecule has 0 bridgehead atoms. The number of likely N-dealkylation sites (N-methyl/N-ethyl adjacent to an activating group) is 18. The van der Waals surface area contributed by atoms with Gasteiger partial charge in [-0.15, -0.1) is 0 Å². The summed E-state index contributed by atoms with van der Waals surface area (Å²) in [4.78, 5) is 43.2. The Balaban J connectivity index is -0.000000283. The van der Waals surface area contributed by atoms with Crippen molar-refractivity contribution in [3.63, 3.8) is 0 Å². The predicted molar refractivity (Wildman–Crippen MR) is 318 cm³/mol. The summed E-state index contributed by atoms with van der Waals surface area (Å²) in [6, 6.07) is 0. The molecule has 0 spiro atoms. The summed E-state index contributed by atoms with van der Waals surface area (Å²) >= 11 is 15.4. The van der Waals surface area contributed by atoms with Crippen LogP contribution in [0, 0.1) is 0 Å². The minimum atomic E-state index is 0. The zero-order valence-electron chi connectivity index (χ0n) is 55.8. The van der Waals surface area contributed by atoms with Gasteiger partial charge in [-0.3, -0.25) is 0 Å². The van der Waals surface area contributed by atoms with Gasteiger partial charge in [0, 0.05) is 236 Å². The molecule has 0 atom stereocenters. The summed E-state index contributed by atoms with van der Waals surface area (Å²) in [7, 11) is 39.6. The SMILES string of the molecule is CN1CCN(C)CCN(C)CC1.CN1CCN(C)CCN(C)CC1.CN1CCN(C)CCN(C)CC1.CN1CCN(C)CCN(C)CC1.CN1CCN(C)CCN(C)CC1.CN1CCN(C)CCN(C)CC1.[Cl-].[Cl-].[Mn+4][O][Mn+4].[Mn+4][O][Mn+4].[Mn+4][O][Mn+4]. The summed E-state index contributed by atoms with van der Waals surface area (Å²) in [6.07, 6.45) is 0. The maximum atomic E-state index is 3.88. The molecular formula is C54H126Cl2Mn6N18O3+22. The first-order valence-electron chi connectivity index (χ1n) is 29.4. The van der Waals surface area contributed by atoms with Crippen LogP contribution in [0.4, 0.5) is 0 Å². The summed E-state index contributed by atoms with van der Waals surface area (Å²) in [5.74, 6) is 0. The van der Waals surface area contributed by atoms with Crippen LogP contribution in [0.5, 0.6) is 0 Å². The molecule has 0 amide bonds. The molecule has 0 aromatic heterocycles. The molecule has 0 aromatic rings. The number of nitrogens with zero attached hydrogens (tertiary/aromatic N) is 18. The first-order chi connectivity index (χ1) is 38.3. The van der Waals surface area contributed by atoms with E-state index in [9.17, 15) is 0 Å². The van der Waals surface area contributed by atoms with E-state index in [2.05, 4.69) is 322 Å². The fourth-order valence-corrected chi connectivity index (χ4v) is 8.16. The Morgan fingerprint density at radius 1 is 0.133 bits per heavy atom. The van der Waals surface area contributed by atoms with Gasteiger partial charge in [0.2, 0.25) is 0 Å². The van der Waals surface area contributed by atoms with E-state index in [1.165, 1.54) is 236 Å². The summed E-state index contributed by atoms with van der Waals surface area (Å²) in [5.41, 5.74) is 0. The number of hydrogen-bond acceptors (Lipinski definition) is 21. The molecule has 0 unspecified atom stereocenters. The Kier molecular flexibility index (Phi) is 74.0. The third-order valence-corrected chi connectivity index (χ3v) is 15.5. The second-order valence-corrected chi connectivity index (χ2v) is 26.4. The van der Waals surface area contributed by atoms with E-state index >= 15 is 0 Å². The van der Waals surface area contributed by atoms with Gasteiger partial charge in [0.15, 0.2) is 0 Å². The van der Waals surface area contributed by atoms with Crippen molar-refractivity contribution >= 4 is 0 Å².